The third-order valence-electron chi connectivity index (χ3n) is 3.59. The lowest BCUT2D eigenvalue weighted by molar-refractivity contribution is -0.157. The minimum Gasteiger partial charge on any atom is -0.481 e. The van der Waals surface area contributed by atoms with Crippen LogP contribution >= 0.6 is 0 Å². The highest BCUT2D eigenvalue weighted by atomic mass is 16.4. The third-order valence-corrected chi connectivity index (χ3v) is 3.59. The number of rotatable bonds is 12. The Balaban J connectivity index is 4.16. The van der Waals surface area contributed by atoms with Crippen molar-refractivity contribution in [2.24, 2.45) is 11.8 Å². The molecule has 19 heavy (non-hydrogen) atoms. The van der Waals surface area contributed by atoms with E-state index < -0.39 is 17.9 Å². The van der Waals surface area contributed by atoms with Crippen molar-refractivity contribution in [1.29, 1.82) is 0 Å². The Kier molecular flexibility index (Phi) is 10.2. The largest absolute Gasteiger partial charge is 0.481 e. The zero-order chi connectivity index (χ0) is 14.7. The highest BCUT2D eigenvalue weighted by Crippen LogP contribution is 2.25. The van der Waals surface area contributed by atoms with E-state index in [1.807, 2.05) is 6.92 Å². The summed E-state index contributed by atoms with van der Waals surface area (Å²) in [5, 5.41) is 18.1. The standard InChI is InChI=1S/C15H28O4/c1-3-5-6-7-8-9-11-12(10-4-2)13(14(16)17)15(18)19/h12-13H,3-11H2,1-2H3,(H,16,17)(H,18,19). The van der Waals surface area contributed by atoms with Crippen LogP contribution in [0.4, 0.5) is 0 Å². The Labute approximate surface area is 116 Å². The first-order valence-corrected chi connectivity index (χ1v) is 7.50. The first-order chi connectivity index (χ1) is 9.04. The van der Waals surface area contributed by atoms with E-state index in [0.29, 0.717) is 12.8 Å². The molecular formula is C15H28O4. The molecule has 0 heterocycles. The molecule has 0 rings (SSSR count). The number of hydrogen-bond acceptors (Lipinski definition) is 2. The maximum absolute atomic E-state index is 11.1. The smallest absolute Gasteiger partial charge is 0.318 e. The van der Waals surface area contributed by atoms with Crippen LogP contribution in [-0.2, 0) is 9.59 Å². The Morgan fingerprint density at radius 3 is 1.79 bits per heavy atom. The molecule has 0 fully saturated rings. The van der Waals surface area contributed by atoms with Gasteiger partial charge in [-0.05, 0) is 18.8 Å². The molecule has 0 aliphatic heterocycles. The van der Waals surface area contributed by atoms with Crippen LogP contribution in [0.5, 0.6) is 0 Å². The SMILES string of the molecule is CCCCCCCCC(CCC)C(C(=O)O)C(=O)O. The molecule has 0 spiro atoms. The van der Waals surface area contributed by atoms with E-state index in [1.54, 1.807) is 0 Å². The molecular weight excluding hydrogens is 244 g/mol. The van der Waals surface area contributed by atoms with Gasteiger partial charge in [-0.15, -0.1) is 0 Å². The molecule has 0 saturated heterocycles. The molecule has 0 aliphatic carbocycles. The van der Waals surface area contributed by atoms with Gasteiger partial charge in [-0.3, -0.25) is 9.59 Å². The second kappa shape index (κ2) is 10.8. The van der Waals surface area contributed by atoms with E-state index in [1.165, 1.54) is 19.3 Å². The fourth-order valence-electron chi connectivity index (χ4n) is 2.54. The summed E-state index contributed by atoms with van der Waals surface area (Å²) in [6.07, 6.45) is 9.06. The minimum absolute atomic E-state index is 0.230. The molecule has 0 radical (unpaired) electrons. The van der Waals surface area contributed by atoms with Crippen LogP contribution in [-0.4, -0.2) is 22.2 Å². The quantitative estimate of drug-likeness (QED) is 0.417. The summed E-state index contributed by atoms with van der Waals surface area (Å²) in [5.41, 5.74) is 0. The first-order valence-electron chi connectivity index (χ1n) is 7.50. The van der Waals surface area contributed by atoms with Gasteiger partial charge in [0.1, 0.15) is 0 Å². The van der Waals surface area contributed by atoms with Crippen LogP contribution < -0.4 is 0 Å². The first kappa shape index (κ1) is 17.9. The monoisotopic (exact) mass is 272 g/mol. The average molecular weight is 272 g/mol. The van der Waals surface area contributed by atoms with E-state index in [4.69, 9.17) is 10.2 Å². The molecule has 0 bridgehead atoms. The zero-order valence-corrected chi connectivity index (χ0v) is 12.2. The molecule has 0 aliphatic rings. The summed E-state index contributed by atoms with van der Waals surface area (Å²) in [4.78, 5) is 22.1. The fourth-order valence-corrected chi connectivity index (χ4v) is 2.54. The van der Waals surface area contributed by atoms with Gasteiger partial charge < -0.3 is 10.2 Å². The summed E-state index contributed by atoms with van der Waals surface area (Å²) in [6, 6.07) is 0. The molecule has 1 unspecified atom stereocenters. The Morgan fingerprint density at radius 1 is 0.789 bits per heavy atom. The Morgan fingerprint density at radius 2 is 1.32 bits per heavy atom. The predicted molar refractivity (Wildman–Crippen MR) is 75.2 cm³/mol. The van der Waals surface area contributed by atoms with Crippen molar-refractivity contribution in [3.05, 3.63) is 0 Å². The number of carboxylic acids is 2. The molecule has 112 valence electrons. The lowest BCUT2D eigenvalue weighted by Gasteiger charge is -2.20. The summed E-state index contributed by atoms with van der Waals surface area (Å²) in [7, 11) is 0. The highest BCUT2D eigenvalue weighted by Gasteiger charge is 2.33. The molecule has 0 saturated carbocycles. The maximum Gasteiger partial charge on any atom is 0.318 e. The molecule has 1 atom stereocenters. The number of unbranched alkanes of at least 4 members (excludes halogenated alkanes) is 5. The van der Waals surface area contributed by atoms with Crippen molar-refractivity contribution in [1.82, 2.24) is 0 Å². The lowest BCUT2D eigenvalue weighted by Crippen LogP contribution is -2.31. The molecule has 4 heteroatoms. The minimum atomic E-state index is -1.24. The van der Waals surface area contributed by atoms with Gasteiger partial charge in [-0.1, -0.05) is 58.8 Å². The van der Waals surface area contributed by atoms with Crippen molar-refractivity contribution in [3.63, 3.8) is 0 Å². The second-order valence-corrected chi connectivity index (χ2v) is 5.26. The fraction of sp³-hybridized carbons (Fsp3) is 0.867. The van der Waals surface area contributed by atoms with E-state index in [9.17, 15) is 9.59 Å². The summed E-state index contributed by atoms with van der Waals surface area (Å²) in [6.45, 7) is 4.14. The van der Waals surface area contributed by atoms with Crippen molar-refractivity contribution in [2.75, 3.05) is 0 Å². The average Bonchev–Trinajstić information content (AvgIpc) is 2.32. The molecule has 0 aromatic carbocycles. The molecule has 2 N–H and O–H groups in total. The van der Waals surface area contributed by atoms with Gasteiger partial charge in [0.15, 0.2) is 5.92 Å². The summed E-state index contributed by atoms with van der Waals surface area (Å²) >= 11 is 0. The van der Waals surface area contributed by atoms with Gasteiger partial charge in [-0.25, -0.2) is 0 Å². The summed E-state index contributed by atoms with van der Waals surface area (Å²) in [5.74, 6) is -3.87. The van der Waals surface area contributed by atoms with E-state index >= 15 is 0 Å². The second-order valence-electron chi connectivity index (χ2n) is 5.26. The number of carboxylic acid groups (broad SMARTS) is 2. The van der Waals surface area contributed by atoms with Crippen molar-refractivity contribution in [3.8, 4) is 0 Å². The van der Waals surface area contributed by atoms with Gasteiger partial charge in [0.05, 0.1) is 0 Å². The van der Waals surface area contributed by atoms with Crippen LogP contribution in [0, 0.1) is 11.8 Å². The topological polar surface area (TPSA) is 74.6 Å². The normalized spacial score (nSPS) is 12.6. The van der Waals surface area contributed by atoms with Crippen LogP contribution in [0.1, 0.15) is 71.6 Å². The van der Waals surface area contributed by atoms with Gasteiger partial charge >= 0.3 is 11.9 Å². The molecule has 0 aromatic heterocycles. The van der Waals surface area contributed by atoms with Gasteiger partial charge in [0.25, 0.3) is 0 Å². The third kappa shape index (κ3) is 7.85. The molecule has 0 amide bonds. The molecule has 0 aromatic rings. The molecule has 4 nitrogen and oxygen atoms in total. The highest BCUT2D eigenvalue weighted by molar-refractivity contribution is 5.93. The van der Waals surface area contributed by atoms with Crippen molar-refractivity contribution < 1.29 is 19.8 Å². The van der Waals surface area contributed by atoms with Crippen LogP contribution in [0.15, 0.2) is 0 Å². The number of aliphatic carboxylic acids is 2. The van der Waals surface area contributed by atoms with Crippen LogP contribution in [0.2, 0.25) is 0 Å². The van der Waals surface area contributed by atoms with Crippen molar-refractivity contribution >= 4 is 11.9 Å². The van der Waals surface area contributed by atoms with Gasteiger partial charge in [0.2, 0.25) is 0 Å². The van der Waals surface area contributed by atoms with Crippen LogP contribution in [0.25, 0.3) is 0 Å². The van der Waals surface area contributed by atoms with E-state index in [2.05, 4.69) is 6.92 Å². The van der Waals surface area contributed by atoms with Crippen molar-refractivity contribution in [2.45, 2.75) is 71.6 Å². The van der Waals surface area contributed by atoms with Crippen LogP contribution in [0.3, 0.4) is 0 Å². The predicted octanol–water partition coefficient (Wildman–Crippen LogP) is 3.94. The zero-order valence-electron chi connectivity index (χ0n) is 12.2. The Bertz CT molecular complexity index is 249. The van der Waals surface area contributed by atoms with Gasteiger partial charge in [-0.2, -0.15) is 0 Å². The Hall–Kier alpha value is -1.06. The number of carbonyl (C=O) groups is 2. The van der Waals surface area contributed by atoms with E-state index in [0.717, 1.165) is 25.7 Å². The lowest BCUT2D eigenvalue weighted by atomic mass is 9.84. The van der Waals surface area contributed by atoms with Gasteiger partial charge in [0, 0.05) is 0 Å². The maximum atomic E-state index is 11.1. The van der Waals surface area contributed by atoms with E-state index in [-0.39, 0.29) is 5.92 Å². The summed E-state index contributed by atoms with van der Waals surface area (Å²) < 4.78 is 0. The number of hydrogen-bond donors (Lipinski definition) is 2.